The molecule has 2 aromatic rings. The van der Waals surface area contributed by atoms with Gasteiger partial charge in [-0.3, -0.25) is 9.59 Å². The van der Waals surface area contributed by atoms with Gasteiger partial charge in [0, 0.05) is 6.54 Å². The van der Waals surface area contributed by atoms with Crippen molar-refractivity contribution in [2.45, 2.75) is 5.92 Å². The zero-order chi connectivity index (χ0) is 15.2. The molecule has 0 aliphatic rings. The predicted molar refractivity (Wildman–Crippen MR) is 78.1 cm³/mol. The molecule has 0 radical (unpaired) electrons. The minimum absolute atomic E-state index is 0.131. The summed E-state index contributed by atoms with van der Waals surface area (Å²) in [5.41, 5.74) is 5.98. The number of pyridine rings is 1. The van der Waals surface area contributed by atoms with Crippen LogP contribution in [0.4, 0.5) is 5.82 Å². The Morgan fingerprint density at radius 1 is 1.14 bits per heavy atom. The first-order valence-electron chi connectivity index (χ1n) is 6.36. The summed E-state index contributed by atoms with van der Waals surface area (Å²) in [7, 11) is 0. The van der Waals surface area contributed by atoms with E-state index in [0.717, 1.165) is 0 Å². The van der Waals surface area contributed by atoms with E-state index in [0.29, 0.717) is 11.4 Å². The maximum Gasteiger partial charge on any atom is 0.312 e. The van der Waals surface area contributed by atoms with Crippen molar-refractivity contribution in [3.63, 3.8) is 0 Å². The Morgan fingerprint density at radius 3 is 2.48 bits per heavy atom. The zero-order valence-electron chi connectivity index (χ0n) is 11.2. The second-order valence-electron chi connectivity index (χ2n) is 4.45. The molecule has 4 N–H and O–H groups in total. The number of carboxylic acid groups (broad SMARTS) is 1. The Labute approximate surface area is 121 Å². The lowest BCUT2D eigenvalue weighted by molar-refractivity contribution is -0.138. The molecule has 1 unspecified atom stereocenters. The first-order chi connectivity index (χ1) is 10.1. The van der Waals surface area contributed by atoms with Gasteiger partial charge in [0.15, 0.2) is 0 Å². The summed E-state index contributed by atoms with van der Waals surface area (Å²) >= 11 is 0. The molecular weight excluding hydrogens is 270 g/mol. The van der Waals surface area contributed by atoms with Crippen LogP contribution in [-0.4, -0.2) is 28.5 Å². The van der Waals surface area contributed by atoms with Gasteiger partial charge in [0.1, 0.15) is 11.5 Å². The summed E-state index contributed by atoms with van der Waals surface area (Å²) in [6.07, 6.45) is 0. The molecule has 0 bridgehead atoms. The monoisotopic (exact) mass is 285 g/mol. The van der Waals surface area contributed by atoms with Crippen LogP contribution in [0.1, 0.15) is 22.0 Å². The van der Waals surface area contributed by atoms with Gasteiger partial charge in [0.05, 0.1) is 5.92 Å². The number of primary amides is 1. The molecule has 1 atom stereocenters. The van der Waals surface area contributed by atoms with Crippen molar-refractivity contribution in [2.24, 2.45) is 5.73 Å². The van der Waals surface area contributed by atoms with Crippen molar-refractivity contribution in [1.29, 1.82) is 0 Å². The molecule has 0 spiro atoms. The van der Waals surface area contributed by atoms with Crippen LogP contribution in [0, 0.1) is 0 Å². The van der Waals surface area contributed by atoms with Crippen molar-refractivity contribution in [3.8, 4) is 0 Å². The molecule has 0 aliphatic carbocycles. The Hall–Kier alpha value is -2.89. The highest BCUT2D eigenvalue weighted by Crippen LogP contribution is 2.16. The fraction of sp³-hybridized carbons (Fsp3) is 0.133. The molecule has 6 heteroatoms. The number of carbonyl (C=O) groups is 2. The molecule has 1 amide bonds. The lowest BCUT2D eigenvalue weighted by Gasteiger charge is -2.14. The smallest absolute Gasteiger partial charge is 0.312 e. The van der Waals surface area contributed by atoms with Gasteiger partial charge >= 0.3 is 5.97 Å². The van der Waals surface area contributed by atoms with Crippen LogP contribution in [0.3, 0.4) is 0 Å². The Bertz CT molecular complexity index is 644. The minimum Gasteiger partial charge on any atom is -0.481 e. The average Bonchev–Trinajstić information content (AvgIpc) is 2.48. The number of nitrogens with one attached hydrogen (secondary N) is 1. The van der Waals surface area contributed by atoms with E-state index in [-0.39, 0.29) is 12.2 Å². The molecule has 1 aromatic heterocycles. The molecular formula is C15H15N3O3. The number of carboxylic acids is 1. The maximum absolute atomic E-state index is 11.4. The van der Waals surface area contributed by atoms with Gasteiger partial charge in [-0.2, -0.15) is 0 Å². The SMILES string of the molecule is NC(=O)c1cccc(NCC(C(=O)O)c2ccccc2)n1. The standard InChI is InChI=1S/C15H15N3O3/c16-14(19)12-7-4-8-13(18-12)17-9-11(15(20)21)10-5-2-1-3-6-10/h1-8,11H,9H2,(H2,16,19)(H,17,18)(H,20,21). The molecule has 6 nitrogen and oxygen atoms in total. The normalized spacial score (nSPS) is 11.6. The largest absolute Gasteiger partial charge is 0.481 e. The van der Waals surface area contributed by atoms with E-state index in [4.69, 9.17) is 5.73 Å². The second kappa shape index (κ2) is 6.51. The summed E-state index contributed by atoms with van der Waals surface area (Å²) in [5, 5.41) is 12.2. The Balaban J connectivity index is 2.11. The van der Waals surface area contributed by atoms with Gasteiger partial charge in [-0.25, -0.2) is 4.98 Å². The van der Waals surface area contributed by atoms with E-state index < -0.39 is 17.8 Å². The van der Waals surface area contributed by atoms with Gasteiger partial charge in [0.2, 0.25) is 0 Å². The number of rotatable bonds is 6. The summed E-state index contributed by atoms with van der Waals surface area (Å²) < 4.78 is 0. The van der Waals surface area contributed by atoms with E-state index in [1.807, 2.05) is 6.07 Å². The van der Waals surface area contributed by atoms with Crippen LogP contribution >= 0.6 is 0 Å². The molecule has 0 aliphatic heterocycles. The quantitative estimate of drug-likeness (QED) is 0.745. The third-order valence-electron chi connectivity index (χ3n) is 2.99. The van der Waals surface area contributed by atoms with Crippen molar-refractivity contribution in [1.82, 2.24) is 4.98 Å². The van der Waals surface area contributed by atoms with E-state index in [1.165, 1.54) is 6.07 Å². The van der Waals surface area contributed by atoms with Crippen LogP contribution < -0.4 is 11.1 Å². The van der Waals surface area contributed by atoms with Crippen LogP contribution in [0.25, 0.3) is 0 Å². The Kier molecular flexibility index (Phi) is 4.50. The van der Waals surface area contributed by atoms with E-state index in [1.54, 1.807) is 36.4 Å². The van der Waals surface area contributed by atoms with Gasteiger partial charge in [-0.05, 0) is 17.7 Å². The van der Waals surface area contributed by atoms with E-state index >= 15 is 0 Å². The number of aliphatic carboxylic acids is 1. The van der Waals surface area contributed by atoms with Crippen molar-refractivity contribution in [2.75, 3.05) is 11.9 Å². The molecule has 1 aromatic carbocycles. The first kappa shape index (κ1) is 14.5. The highest BCUT2D eigenvalue weighted by molar-refractivity contribution is 5.91. The van der Waals surface area contributed by atoms with Crippen LogP contribution in [-0.2, 0) is 4.79 Å². The van der Waals surface area contributed by atoms with Gasteiger partial charge in [-0.1, -0.05) is 36.4 Å². The number of amides is 1. The second-order valence-corrected chi connectivity index (χ2v) is 4.45. The molecule has 108 valence electrons. The number of nitrogens with two attached hydrogens (primary N) is 1. The maximum atomic E-state index is 11.4. The minimum atomic E-state index is -0.931. The zero-order valence-corrected chi connectivity index (χ0v) is 11.2. The summed E-state index contributed by atoms with van der Waals surface area (Å²) in [5.74, 6) is -1.85. The fourth-order valence-electron chi connectivity index (χ4n) is 1.91. The van der Waals surface area contributed by atoms with Crippen LogP contribution in [0.15, 0.2) is 48.5 Å². The average molecular weight is 285 g/mol. The van der Waals surface area contributed by atoms with Crippen molar-refractivity contribution >= 4 is 17.7 Å². The van der Waals surface area contributed by atoms with Crippen molar-refractivity contribution < 1.29 is 14.7 Å². The summed E-state index contributed by atoms with van der Waals surface area (Å²) in [6.45, 7) is 0.161. The molecule has 0 saturated carbocycles. The topological polar surface area (TPSA) is 105 Å². The lowest BCUT2D eigenvalue weighted by Crippen LogP contribution is -2.22. The third-order valence-corrected chi connectivity index (χ3v) is 2.99. The number of anilines is 1. The number of benzene rings is 1. The number of nitrogens with zero attached hydrogens (tertiary/aromatic N) is 1. The van der Waals surface area contributed by atoms with Crippen LogP contribution in [0.2, 0.25) is 0 Å². The Morgan fingerprint density at radius 2 is 1.86 bits per heavy atom. The van der Waals surface area contributed by atoms with Gasteiger partial charge in [-0.15, -0.1) is 0 Å². The van der Waals surface area contributed by atoms with Crippen LogP contribution in [0.5, 0.6) is 0 Å². The highest BCUT2D eigenvalue weighted by Gasteiger charge is 2.19. The number of hydrogen-bond donors (Lipinski definition) is 3. The predicted octanol–water partition coefficient (Wildman–Crippen LogP) is 1.46. The molecule has 0 saturated heterocycles. The molecule has 1 heterocycles. The van der Waals surface area contributed by atoms with Crippen molar-refractivity contribution in [3.05, 3.63) is 59.8 Å². The first-order valence-corrected chi connectivity index (χ1v) is 6.36. The summed E-state index contributed by atoms with van der Waals surface area (Å²) in [6, 6.07) is 13.7. The number of hydrogen-bond acceptors (Lipinski definition) is 4. The molecule has 2 rings (SSSR count). The number of aromatic nitrogens is 1. The summed E-state index contributed by atoms with van der Waals surface area (Å²) in [4.78, 5) is 26.4. The van der Waals surface area contributed by atoms with Gasteiger partial charge in [0.25, 0.3) is 5.91 Å². The van der Waals surface area contributed by atoms with E-state index in [2.05, 4.69) is 10.3 Å². The molecule has 21 heavy (non-hydrogen) atoms. The lowest BCUT2D eigenvalue weighted by atomic mass is 9.99. The molecule has 0 fully saturated rings. The van der Waals surface area contributed by atoms with E-state index in [9.17, 15) is 14.7 Å². The fourth-order valence-corrected chi connectivity index (χ4v) is 1.91. The third kappa shape index (κ3) is 3.79. The highest BCUT2D eigenvalue weighted by atomic mass is 16.4. The number of carbonyl (C=O) groups excluding carboxylic acids is 1. The van der Waals surface area contributed by atoms with Gasteiger partial charge < -0.3 is 16.2 Å².